The summed E-state index contributed by atoms with van der Waals surface area (Å²) >= 11 is 0. The molecule has 1 aliphatic rings. The number of carbonyl (C=O) groups excluding carboxylic acids is 1. The number of carboxylic acids is 1. The van der Waals surface area contributed by atoms with E-state index >= 15 is 0 Å². The third-order valence-corrected chi connectivity index (χ3v) is 3.84. The van der Waals surface area contributed by atoms with Crippen LogP contribution in [0, 0.1) is 25.7 Å². The molecule has 6 nitrogen and oxygen atoms in total. The lowest BCUT2D eigenvalue weighted by atomic mass is 9.82. The Labute approximate surface area is 117 Å². The second kappa shape index (κ2) is 5.48. The van der Waals surface area contributed by atoms with Crippen LogP contribution in [-0.2, 0) is 16.6 Å². The fraction of sp³-hybridized carbons (Fsp3) is 0.500. The average molecular weight is 277 g/mol. The molecule has 0 aromatic carbocycles. The number of hydrogen-bond donors (Lipinski definition) is 2. The summed E-state index contributed by atoms with van der Waals surface area (Å²) in [6.45, 7) is 3.68. The Balaban J connectivity index is 2.19. The summed E-state index contributed by atoms with van der Waals surface area (Å²) in [5, 5.41) is 16.3. The molecule has 0 spiro atoms. The minimum absolute atomic E-state index is 0.249. The SMILES string of the molecule is Cc1nn(C)c(C)c1NC(=O)C1CC=CCC1C(=O)O. The highest BCUT2D eigenvalue weighted by Gasteiger charge is 2.34. The fourth-order valence-corrected chi connectivity index (χ4v) is 2.55. The second-order valence-electron chi connectivity index (χ2n) is 5.15. The number of carbonyl (C=O) groups is 2. The number of aromatic nitrogens is 2. The molecular weight excluding hydrogens is 258 g/mol. The van der Waals surface area contributed by atoms with Crippen LogP contribution < -0.4 is 5.32 Å². The number of carboxylic acid groups (broad SMARTS) is 1. The Bertz CT molecular complexity index is 574. The van der Waals surface area contributed by atoms with Gasteiger partial charge in [-0.05, 0) is 26.7 Å². The molecule has 0 bridgehead atoms. The molecule has 1 heterocycles. The molecule has 1 aromatic heterocycles. The third kappa shape index (κ3) is 2.59. The largest absolute Gasteiger partial charge is 0.481 e. The number of amides is 1. The van der Waals surface area contributed by atoms with E-state index in [1.807, 2.05) is 26.0 Å². The molecule has 0 saturated heterocycles. The van der Waals surface area contributed by atoms with Crippen molar-refractivity contribution < 1.29 is 14.7 Å². The van der Waals surface area contributed by atoms with Gasteiger partial charge >= 0.3 is 5.97 Å². The minimum Gasteiger partial charge on any atom is -0.481 e. The van der Waals surface area contributed by atoms with Gasteiger partial charge < -0.3 is 10.4 Å². The van der Waals surface area contributed by atoms with Gasteiger partial charge in [-0.25, -0.2) is 0 Å². The quantitative estimate of drug-likeness (QED) is 0.823. The van der Waals surface area contributed by atoms with Crippen molar-refractivity contribution in [2.75, 3.05) is 5.32 Å². The van der Waals surface area contributed by atoms with Gasteiger partial charge in [-0.2, -0.15) is 5.10 Å². The van der Waals surface area contributed by atoms with E-state index in [0.29, 0.717) is 18.5 Å². The Hall–Kier alpha value is -2.11. The lowest BCUT2D eigenvalue weighted by molar-refractivity contribution is -0.146. The highest BCUT2D eigenvalue weighted by atomic mass is 16.4. The summed E-state index contributed by atoms with van der Waals surface area (Å²) in [5.74, 6) is -2.36. The Morgan fingerprint density at radius 1 is 1.30 bits per heavy atom. The zero-order valence-electron chi connectivity index (χ0n) is 11.9. The Kier molecular flexibility index (Phi) is 3.92. The molecule has 0 aliphatic heterocycles. The van der Waals surface area contributed by atoms with Crippen LogP contribution in [0.3, 0.4) is 0 Å². The first kappa shape index (κ1) is 14.3. The van der Waals surface area contributed by atoms with E-state index in [2.05, 4.69) is 10.4 Å². The summed E-state index contributed by atoms with van der Waals surface area (Å²) in [6, 6.07) is 0. The molecular formula is C14H19N3O3. The topological polar surface area (TPSA) is 84.2 Å². The lowest BCUT2D eigenvalue weighted by Crippen LogP contribution is -2.34. The van der Waals surface area contributed by atoms with Crippen molar-refractivity contribution in [2.24, 2.45) is 18.9 Å². The van der Waals surface area contributed by atoms with Crippen molar-refractivity contribution in [2.45, 2.75) is 26.7 Å². The molecule has 0 saturated carbocycles. The summed E-state index contributed by atoms with van der Waals surface area (Å²) < 4.78 is 1.69. The second-order valence-corrected chi connectivity index (χ2v) is 5.15. The molecule has 2 rings (SSSR count). The average Bonchev–Trinajstić information content (AvgIpc) is 2.65. The summed E-state index contributed by atoms with van der Waals surface area (Å²) in [7, 11) is 1.81. The maximum absolute atomic E-state index is 12.4. The van der Waals surface area contributed by atoms with Crippen molar-refractivity contribution >= 4 is 17.6 Å². The highest BCUT2D eigenvalue weighted by Crippen LogP contribution is 2.28. The molecule has 20 heavy (non-hydrogen) atoms. The van der Waals surface area contributed by atoms with Gasteiger partial charge in [0.25, 0.3) is 0 Å². The third-order valence-electron chi connectivity index (χ3n) is 3.84. The fourth-order valence-electron chi connectivity index (χ4n) is 2.55. The maximum Gasteiger partial charge on any atom is 0.307 e. The maximum atomic E-state index is 12.4. The normalized spacial score (nSPS) is 21.8. The number of anilines is 1. The summed E-state index contributed by atoms with van der Waals surface area (Å²) in [4.78, 5) is 23.6. The number of aliphatic carboxylic acids is 1. The van der Waals surface area contributed by atoms with Crippen molar-refractivity contribution in [3.8, 4) is 0 Å². The predicted octanol–water partition coefficient (Wildman–Crippen LogP) is 1.64. The van der Waals surface area contributed by atoms with Crippen LogP contribution in [0.4, 0.5) is 5.69 Å². The van der Waals surface area contributed by atoms with Crippen molar-refractivity contribution in [1.29, 1.82) is 0 Å². The number of nitrogens with zero attached hydrogens (tertiary/aromatic N) is 2. The number of nitrogens with one attached hydrogen (secondary N) is 1. The smallest absolute Gasteiger partial charge is 0.307 e. The number of aryl methyl sites for hydroxylation is 2. The van der Waals surface area contributed by atoms with E-state index in [4.69, 9.17) is 0 Å². The van der Waals surface area contributed by atoms with Gasteiger partial charge in [-0.1, -0.05) is 12.2 Å². The summed E-state index contributed by atoms with van der Waals surface area (Å²) in [5.41, 5.74) is 2.27. The molecule has 6 heteroatoms. The molecule has 2 unspecified atom stereocenters. The van der Waals surface area contributed by atoms with Crippen LogP contribution in [0.5, 0.6) is 0 Å². The molecule has 1 amide bonds. The van der Waals surface area contributed by atoms with Crippen molar-refractivity contribution in [3.05, 3.63) is 23.5 Å². The van der Waals surface area contributed by atoms with Crippen LogP contribution in [0.2, 0.25) is 0 Å². The van der Waals surface area contributed by atoms with Crippen LogP contribution in [0.1, 0.15) is 24.2 Å². The number of allylic oxidation sites excluding steroid dienone is 2. The first-order valence-corrected chi connectivity index (χ1v) is 6.60. The van der Waals surface area contributed by atoms with Crippen LogP contribution in [0.15, 0.2) is 12.2 Å². The number of hydrogen-bond acceptors (Lipinski definition) is 3. The molecule has 2 N–H and O–H groups in total. The zero-order valence-corrected chi connectivity index (χ0v) is 11.9. The zero-order chi connectivity index (χ0) is 14.9. The van der Waals surface area contributed by atoms with Crippen LogP contribution in [0.25, 0.3) is 0 Å². The highest BCUT2D eigenvalue weighted by molar-refractivity contribution is 5.96. The first-order chi connectivity index (χ1) is 9.41. The van der Waals surface area contributed by atoms with E-state index in [1.165, 1.54) is 0 Å². The van der Waals surface area contributed by atoms with Gasteiger partial charge in [0, 0.05) is 7.05 Å². The molecule has 1 aliphatic carbocycles. The van der Waals surface area contributed by atoms with Gasteiger partial charge in [0.15, 0.2) is 0 Å². The van der Waals surface area contributed by atoms with Gasteiger partial charge in [0.2, 0.25) is 5.91 Å². The standard InChI is InChI=1S/C14H19N3O3/c1-8-12(9(2)17(3)16-8)15-13(18)10-6-4-5-7-11(10)14(19)20/h4-5,10-11H,6-7H2,1-3H3,(H,15,18)(H,19,20). The van der Waals surface area contributed by atoms with Gasteiger partial charge in [0.1, 0.15) is 0 Å². The number of rotatable bonds is 3. The van der Waals surface area contributed by atoms with Crippen LogP contribution >= 0.6 is 0 Å². The van der Waals surface area contributed by atoms with E-state index in [0.717, 1.165) is 11.4 Å². The van der Waals surface area contributed by atoms with Crippen molar-refractivity contribution in [3.63, 3.8) is 0 Å². The lowest BCUT2D eigenvalue weighted by Gasteiger charge is -2.24. The van der Waals surface area contributed by atoms with Gasteiger partial charge in [-0.15, -0.1) is 0 Å². The predicted molar refractivity (Wildman–Crippen MR) is 74.3 cm³/mol. The van der Waals surface area contributed by atoms with Gasteiger partial charge in [0.05, 0.1) is 28.9 Å². The van der Waals surface area contributed by atoms with E-state index in [-0.39, 0.29) is 5.91 Å². The van der Waals surface area contributed by atoms with Gasteiger partial charge in [-0.3, -0.25) is 14.3 Å². The minimum atomic E-state index is -0.922. The molecule has 2 atom stereocenters. The first-order valence-electron chi connectivity index (χ1n) is 6.60. The Morgan fingerprint density at radius 3 is 2.40 bits per heavy atom. The van der Waals surface area contributed by atoms with E-state index in [9.17, 15) is 14.7 Å². The Morgan fingerprint density at radius 2 is 1.90 bits per heavy atom. The molecule has 1 aromatic rings. The molecule has 0 fully saturated rings. The summed E-state index contributed by atoms with van der Waals surface area (Å²) in [6.07, 6.45) is 4.55. The molecule has 108 valence electrons. The molecule has 0 radical (unpaired) electrons. The van der Waals surface area contributed by atoms with Crippen molar-refractivity contribution in [1.82, 2.24) is 9.78 Å². The van der Waals surface area contributed by atoms with Crippen LogP contribution in [-0.4, -0.2) is 26.8 Å². The monoisotopic (exact) mass is 277 g/mol. The van der Waals surface area contributed by atoms with E-state index < -0.39 is 17.8 Å². The van der Waals surface area contributed by atoms with E-state index in [1.54, 1.807) is 11.7 Å².